The molecule has 0 aliphatic rings. The van der Waals surface area contributed by atoms with Gasteiger partial charge in [0.15, 0.2) is 0 Å². The monoisotopic (exact) mass is 312 g/mol. The smallest absolute Gasteiger partial charge is 0.303 e. The van der Waals surface area contributed by atoms with Crippen LogP contribution in [0.5, 0.6) is 0 Å². The van der Waals surface area contributed by atoms with Crippen molar-refractivity contribution in [1.29, 1.82) is 0 Å². The first-order chi connectivity index (χ1) is 8.68. The Balaban J connectivity index is 1.95. The molecule has 0 radical (unpaired) electrons. The summed E-state index contributed by atoms with van der Waals surface area (Å²) < 4.78 is 1.13. The van der Waals surface area contributed by atoms with Gasteiger partial charge in [-0.3, -0.25) is 4.79 Å². The number of hydrogen-bond acceptors (Lipinski definition) is 1. The summed E-state index contributed by atoms with van der Waals surface area (Å²) in [7, 11) is 0. The highest BCUT2D eigenvalue weighted by molar-refractivity contribution is 9.10. The minimum atomic E-state index is -0.676. The second kappa shape index (κ2) is 9.15. The lowest BCUT2D eigenvalue weighted by molar-refractivity contribution is -0.137. The molecule has 0 amide bonds. The van der Waals surface area contributed by atoms with Gasteiger partial charge in [-0.25, -0.2) is 0 Å². The Morgan fingerprint density at radius 3 is 2.11 bits per heavy atom. The van der Waals surface area contributed by atoms with Crippen LogP contribution < -0.4 is 0 Å². The summed E-state index contributed by atoms with van der Waals surface area (Å²) in [4.78, 5) is 10.3. The second-order valence-corrected chi connectivity index (χ2v) is 5.56. The van der Waals surface area contributed by atoms with Gasteiger partial charge in [-0.15, -0.1) is 0 Å². The van der Waals surface area contributed by atoms with Crippen LogP contribution >= 0.6 is 15.9 Å². The largest absolute Gasteiger partial charge is 0.481 e. The van der Waals surface area contributed by atoms with Crippen LogP contribution in [0.25, 0.3) is 0 Å². The molecule has 0 spiro atoms. The Morgan fingerprint density at radius 1 is 0.944 bits per heavy atom. The van der Waals surface area contributed by atoms with Crippen LogP contribution in [-0.2, 0) is 11.2 Å². The molecule has 1 rings (SSSR count). The van der Waals surface area contributed by atoms with Crippen LogP contribution in [0, 0.1) is 0 Å². The zero-order valence-corrected chi connectivity index (χ0v) is 12.3. The number of aryl methyl sites for hydroxylation is 1. The van der Waals surface area contributed by atoms with E-state index in [1.807, 2.05) is 0 Å². The lowest BCUT2D eigenvalue weighted by Gasteiger charge is -2.02. The van der Waals surface area contributed by atoms with E-state index in [-0.39, 0.29) is 0 Å². The number of carboxylic acids is 1. The van der Waals surface area contributed by atoms with Gasteiger partial charge >= 0.3 is 5.97 Å². The highest BCUT2D eigenvalue weighted by Crippen LogP contribution is 2.14. The third kappa shape index (κ3) is 7.49. The van der Waals surface area contributed by atoms with E-state index < -0.39 is 5.97 Å². The summed E-state index contributed by atoms with van der Waals surface area (Å²) in [5.41, 5.74) is 1.39. The molecular formula is C15H21BrO2. The molecule has 1 N–H and O–H groups in total. The molecular weight excluding hydrogens is 292 g/mol. The molecule has 0 fully saturated rings. The lowest BCUT2D eigenvalue weighted by atomic mass is 10.0. The maximum Gasteiger partial charge on any atom is 0.303 e. The predicted octanol–water partition coefficient (Wildman–Crippen LogP) is 4.81. The molecule has 0 aliphatic heterocycles. The van der Waals surface area contributed by atoms with Gasteiger partial charge < -0.3 is 5.11 Å². The first-order valence-electron chi connectivity index (χ1n) is 6.65. The molecule has 100 valence electrons. The second-order valence-electron chi connectivity index (χ2n) is 4.64. The van der Waals surface area contributed by atoms with Gasteiger partial charge in [-0.05, 0) is 37.0 Å². The molecule has 3 heteroatoms. The molecule has 0 saturated carbocycles. The number of carboxylic acid groups (broad SMARTS) is 1. The van der Waals surface area contributed by atoms with E-state index >= 15 is 0 Å². The number of aliphatic carboxylic acids is 1. The van der Waals surface area contributed by atoms with Crippen LogP contribution in [-0.4, -0.2) is 11.1 Å². The van der Waals surface area contributed by atoms with Crippen molar-refractivity contribution < 1.29 is 9.90 Å². The molecule has 0 bridgehead atoms. The highest BCUT2D eigenvalue weighted by atomic mass is 79.9. The van der Waals surface area contributed by atoms with Gasteiger partial charge in [-0.2, -0.15) is 0 Å². The molecule has 0 unspecified atom stereocenters. The standard InChI is InChI=1S/C15H21BrO2/c16-14-11-9-13(10-12-14)7-5-3-1-2-4-6-8-15(17)18/h9-12H,1-8H2,(H,17,18). The molecule has 0 heterocycles. The number of halogens is 1. The number of hydrogen-bond donors (Lipinski definition) is 1. The third-order valence-electron chi connectivity index (χ3n) is 3.02. The first-order valence-corrected chi connectivity index (χ1v) is 7.44. The Hall–Kier alpha value is -0.830. The number of rotatable bonds is 9. The fraction of sp³-hybridized carbons (Fsp3) is 0.533. The summed E-state index contributed by atoms with van der Waals surface area (Å²) >= 11 is 3.43. The van der Waals surface area contributed by atoms with Gasteiger partial charge in [0.05, 0.1) is 0 Å². The van der Waals surface area contributed by atoms with Gasteiger partial charge in [0.2, 0.25) is 0 Å². The average molecular weight is 313 g/mol. The number of benzene rings is 1. The van der Waals surface area contributed by atoms with Crippen LogP contribution in [0.1, 0.15) is 50.5 Å². The van der Waals surface area contributed by atoms with Gasteiger partial charge in [0.1, 0.15) is 0 Å². The normalized spacial score (nSPS) is 10.5. The lowest BCUT2D eigenvalue weighted by Crippen LogP contribution is -1.93. The fourth-order valence-electron chi connectivity index (χ4n) is 1.96. The molecule has 1 aromatic rings. The summed E-state index contributed by atoms with van der Waals surface area (Å²) in [6.45, 7) is 0. The Kier molecular flexibility index (Phi) is 7.74. The summed E-state index contributed by atoms with van der Waals surface area (Å²) in [5.74, 6) is -0.676. The van der Waals surface area contributed by atoms with Crippen molar-refractivity contribution >= 4 is 21.9 Å². The minimum absolute atomic E-state index is 0.318. The van der Waals surface area contributed by atoms with E-state index in [0.717, 1.165) is 30.2 Å². The molecule has 1 aromatic carbocycles. The average Bonchev–Trinajstić information content (AvgIpc) is 2.34. The minimum Gasteiger partial charge on any atom is -0.481 e. The molecule has 0 atom stereocenters. The predicted molar refractivity (Wildman–Crippen MR) is 77.8 cm³/mol. The van der Waals surface area contributed by atoms with Gasteiger partial charge in [-0.1, -0.05) is 53.7 Å². The maximum atomic E-state index is 10.3. The van der Waals surface area contributed by atoms with Crippen LogP contribution in [0.2, 0.25) is 0 Å². The maximum absolute atomic E-state index is 10.3. The number of unbranched alkanes of at least 4 members (excludes halogenated alkanes) is 5. The highest BCUT2D eigenvalue weighted by Gasteiger charge is 1.97. The molecule has 0 saturated heterocycles. The van der Waals surface area contributed by atoms with Crippen molar-refractivity contribution in [2.45, 2.75) is 51.4 Å². The zero-order valence-electron chi connectivity index (χ0n) is 10.7. The molecule has 18 heavy (non-hydrogen) atoms. The van der Waals surface area contributed by atoms with Crippen molar-refractivity contribution in [3.63, 3.8) is 0 Å². The van der Waals surface area contributed by atoms with Crippen LogP contribution in [0.4, 0.5) is 0 Å². The SMILES string of the molecule is O=C(O)CCCCCCCCc1ccc(Br)cc1. The molecule has 2 nitrogen and oxygen atoms in total. The van der Waals surface area contributed by atoms with Crippen molar-refractivity contribution in [3.8, 4) is 0 Å². The summed E-state index contributed by atoms with van der Waals surface area (Å²) in [6.07, 6.45) is 8.17. The van der Waals surface area contributed by atoms with Crippen molar-refractivity contribution in [1.82, 2.24) is 0 Å². The van der Waals surface area contributed by atoms with E-state index in [4.69, 9.17) is 5.11 Å². The Morgan fingerprint density at radius 2 is 1.50 bits per heavy atom. The van der Waals surface area contributed by atoms with E-state index in [2.05, 4.69) is 40.2 Å². The molecule has 0 aliphatic carbocycles. The van der Waals surface area contributed by atoms with Crippen molar-refractivity contribution in [3.05, 3.63) is 34.3 Å². The van der Waals surface area contributed by atoms with E-state index in [9.17, 15) is 4.79 Å². The molecule has 0 aromatic heterocycles. The Labute approximate surface area is 118 Å². The first kappa shape index (κ1) is 15.2. The number of carbonyl (C=O) groups is 1. The third-order valence-corrected chi connectivity index (χ3v) is 3.55. The summed E-state index contributed by atoms with van der Waals surface area (Å²) in [5, 5.41) is 8.50. The summed E-state index contributed by atoms with van der Waals surface area (Å²) in [6, 6.07) is 8.50. The van der Waals surface area contributed by atoms with Crippen molar-refractivity contribution in [2.24, 2.45) is 0 Å². The van der Waals surface area contributed by atoms with Crippen molar-refractivity contribution in [2.75, 3.05) is 0 Å². The van der Waals surface area contributed by atoms with Gasteiger partial charge in [0, 0.05) is 10.9 Å². The fourth-order valence-corrected chi connectivity index (χ4v) is 2.23. The van der Waals surface area contributed by atoms with E-state index in [0.29, 0.717) is 6.42 Å². The van der Waals surface area contributed by atoms with Crippen LogP contribution in [0.15, 0.2) is 28.7 Å². The van der Waals surface area contributed by atoms with E-state index in [1.165, 1.54) is 24.8 Å². The van der Waals surface area contributed by atoms with Crippen LogP contribution in [0.3, 0.4) is 0 Å². The topological polar surface area (TPSA) is 37.3 Å². The Bertz CT molecular complexity index is 346. The van der Waals surface area contributed by atoms with Gasteiger partial charge in [0.25, 0.3) is 0 Å². The van der Waals surface area contributed by atoms with E-state index in [1.54, 1.807) is 0 Å². The quantitative estimate of drug-likeness (QED) is 0.664. The zero-order chi connectivity index (χ0) is 13.2.